The van der Waals surface area contributed by atoms with Crippen molar-refractivity contribution in [2.24, 2.45) is 0 Å². The Labute approximate surface area is 99.6 Å². The van der Waals surface area contributed by atoms with Crippen LogP contribution in [0.15, 0.2) is 43.0 Å². The minimum Gasteiger partial charge on any atom is -0.452 e. The highest BCUT2D eigenvalue weighted by atomic mass is 31.1. The van der Waals surface area contributed by atoms with Crippen LogP contribution < -0.4 is 0 Å². The minimum absolute atomic E-state index is 0.169. The number of ether oxygens (including phenoxy) is 1. The Kier molecular flexibility index (Phi) is 5.63. The summed E-state index contributed by atoms with van der Waals surface area (Å²) in [4.78, 5) is 19.7. The maximum atomic E-state index is 11.1. The molecule has 0 saturated heterocycles. The van der Waals surface area contributed by atoms with Crippen LogP contribution in [-0.2, 0) is 18.6 Å². The molecule has 0 bridgehead atoms. The van der Waals surface area contributed by atoms with E-state index in [4.69, 9.17) is 9.63 Å². The van der Waals surface area contributed by atoms with Gasteiger partial charge in [0.15, 0.2) is 6.10 Å². The molecule has 1 rings (SSSR count). The molecule has 0 saturated carbocycles. The monoisotopic (exact) mass is 256 g/mol. The summed E-state index contributed by atoms with van der Waals surface area (Å²) in [6, 6.07) is 8.82. The van der Waals surface area contributed by atoms with Gasteiger partial charge in [0.2, 0.25) is 0 Å². The van der Waals surface area contributed by atoms with Gasteiger partial charge in [-0.25, -0.2) is 4.79 Å². The molecule has 1 aromatic rings. The number of carbonyl (C=O) groups is 1. The Morgan fingerprint density at radius 3 is 2.65 bits per heavy atom. The van der Waals surface area contributed by atoms with Crippen LogP contribution in [0.1, 0.15) is 11.7 Å². The molecule has 0 aliphatic heterocycles. The van der Waals surface area contributed by atoms with E-state index in [-0.39, 0.29) is 6.61 Å². The van der Waals surface area contributed by atoms with E-state index in [0.717, 1.165) is 6.08 Å². The molecule has 0 aromatic heterocycles. The fourth-order valence-corrected chi connectivity index (χ4v) is 1.50. The molecule has 0 heterocycles. The first-order valence-corrected chi connectivity index (χ1v) is 6.13. The first kappa shape index (κ1) is 13.6. The maximum absolute atomic E-state index is 11.1. The van der Waals surface area contributed by atoms with Crippen molar-refractivity contribution in [1.82, 2.24) is 0 Å². The number of carbonyl (C=O) groups excluding carboxylic acids is 1. The average Bonchev–Trinajstić information content (AvgIpc) is 2.35. The number of esters is 1. The molecule has 5 nitrogen and oxygen atoms in total. The van der Waals surface area contributed by atoms with Crippen molar-refractivity contribution in [3.05, 3.63) is 48.6 Å². The SMILES string of the molecule is C=CC(=O)OC(CO[PH](=O)O)c1ccccc1. The molecular weight excluding hydrogens is 243 g/mol. The molecule has 92 valence electrons. The topological polar surface area (TPSA) is 72.8 Å². The normalized spacial score (nSPS) is 13.7. The molecule has 17 heavy (non-hydrogen) atoms. The molecule has 0 radical (unpaired) electrons. The zero-order chi connectivity index (χ0) is 12.7. The summed E-state index contributed by atoms with van der Waals surface area (Å²) < 4.78 is 20.1. The van der Waals surface area contributed by atoms with E-state index in [1.54, 1.807) is 24.3 Å². The van der Waals surface area contributed by atoms with Crippen molar-refractivity contribution < 1.29 is 23.5 Å². The van der Waals surface area contributed by atoms with Crippen molar-refractivity contribution in [2.75, 3.05) is 6.61 Å². The van der Waals surface area contributed by atoms with Crippen LogP contribution >= 0.6 is 8.25 Å². The third kappa shape index (κ3) is 4.95. The lowest BCUT2D eigenvalue weighted by Crippen LogP contribution is -2.13. The molecule has 1 N–H and O–H groups in total. The van der Waals surface area contributed by atoms with E-state index in [0.29, 0.717) is 5.56 Å². The van der Waals surface area contributed by atoms with Crippen LogP contribution in [-0.4, -0.2) is 17.5 Å². The molecule has 2 atom stereocenters. The highest BCUT2D eigenvalue weighted by Crippen LogP contribution is 2.23. The van der Waals surface area contributed by atoms with Crippen molar-refractivity contribution in [1.29, 1.82) is 0 Å². The molecule has 6 heteroatoms. The van der Waals surface area contributed by atoms with Gasteiger partial charge in [-0.15, -0.1) is 0 Å². The van der Waals surface area contributed by atoms with Gasteiger partial charge in [-0.2, -0.15) is 0 Å². The van der Waals surface area contributed by atoms with Crippen LogP contribution in [0, 0.1) is 0 Å². The van der Waals surface area contributed by atoms with Crippen LogP contribution in [0.2, 0.25) is 0 Å². The van der Waals surface area contributed by atoms with Gasteiger partial charge in [0, 0.05) is 6.08 Å². The summed E-state index contributed by atoms with van der Waals surface area (Å²) >= 11 is 0. The van der Waals surface area contributed by atoms with Gasteiger partial charge in [0.1, 0.15) is 0 Å². The Bertz CT molecular complexity index is 404. The Hall–Kier alpha value is -1.42. The summed E-state index contributed by atoms with van der Waals surface area (Å²) in [5.41, 5.74) is 0.686. The number of hydrogen-bond donors (Lipinski definition) is 1. The highest BCUT2D eigenvalue weighted by molar-refractivity contribution is 7.32. The molecule has 0 aliphatic rings. The van der Waals surface area contributed by atoms with Gasteiger partial charge in [-0.1, -0.05) is 36.9 Å². The number of rotatable bonds is 6. The van der Waals surface area contributed by atoms with E-state index < -0.39 is 20.3 Å². The summed E-state index contributed by atoms with van der Waals surface area (Å²) in [6.45, 7) is 3.11. The summed E-state index contributed by atoms with van der Waals surface area (Å²) in [6.07, 6.45) is 0.306. The van der Waals surface area contributed by atoms with Gasteiger partial charge in [-0.05, 0) is 5.56 Å². The Morgan fingerprint density at radius 1 is 1.47 bits per heavy atom. The van der Waals surface area contributed by atoms with Gasteiger partial charge >= 0.3 is 14.2 Å². The molecule has 2 unspecified atom stereocenters. The van der Waals surface area contributed by atoms with E-state index in [1.807, 2.05) is 6.07 Å². The predicted octanol–water partition coefficient (Wildman–Crippen LogP) is 1.86. The van der Waals surface area contributed by atoms with Crippen LogP contribution in [0.3, 0.4) is 0 Å². The van der Waals surface area contributed by atoms with Gasteiger partial charge < -0.3 is 14.2 Å². The first-order valence-electron chi connectivity index (χ1n) is 4.87. The Balaban J connectivity index is 2.75. The molecular formula is C11H13O5P. The fraction of sp³-hybridized carbons (Fsp3) is 0.182. The fourth-order valence-electron chi connectivity index (χ4n) is 1.20. The summed E-state index contributed by atoms with van der Waals surface area (Å²) in [7, 11) is -3.05. The lowest BCUT2D eigenvalue weighted by atomic mass is 10.1. The second kappa shape index (κ2) is 7.01. The summed E-state index contributed by atoms with van der Waals surface area (Å²) in [5.74, 6) is -0.611. The van der Waals surface area contributed by atoms with E-state index >= 15 is 0 Å². The van der Waals surface area contributed by atoms with Crippen molar-refractivity contribution in [3.8, 4) is 0 Å². The van der Waals surface area contributed by atoms with Gasteiger partial charge in [-0.3, -0.25) is 4.57 Å². The predicted molar refractivity (Wildman–Crippen MR) is 62.6 cm³/mol. The lowest BCUT2D eigenvalue weighted by molar-refractivity contribution is -0.145. The van der Waals surface area contributed by atoms with Crippen LogP contribution in [0.4, 0.5) is 0 Å². The maximum Gasteiger partial charge on any atom is 0.330 e. The Morgan fingerprint density at radius 2 is 2.12 bits per heavy atom. The van der Waals surface area contributed by atoms with E-state index in [2.05, 4.69) is 11.1 Å². The zero-order valence-corrected chi connectivity index (χ0v) is 10.0. The van der Waals surface area contributed by atoms with Crippen LogP contribution in [0.25, 0.3) is 0 Å². The lowest BCUT2D eigenvalue weighted by Gasteiger charge is -2.16. The van der Waals surface area contributed by atoms with Crippen LogP contribution in [0.5, 0.6) is 0 Å². The summed E-state index contributed by atoms with van der Waals surface area (Å²) in [5, 5.41) is 0. The molecule has 1 aromatic carbocycles. The van der Waals surface area contributed by atoms with E-state index in [1.165, 1.54) is 0 Å². The second-order valence-electron chi connectivity index (χ2n) is 3.12. The highest BCUT2D eigenvalue weighted by Gasteiger charge is 2.16. The minimum atomic E-state index is -3.05. The van der Waals surface area contributed by atoms with Crippen molar-refractivity contribution in [3.63, 3.8) is 0 Å². The van der Waals surface area contributed by atoms with Crippen molar-refractivity contribution in [2.45, 2.75) is 6.10 Å². The first-order chi connectivity index (χ1) is 8.13. The van der Waals surface area contributed by atoms with Gasteiger partial charge in [0.25, 0.3) is 0 Å². The van der Waals surface area contributed by atoms with Crippen molar-refractivity contribution >= 4 is 14.2 Å². The third-order valence-electron chi connectivity index (χ3n) is 1.95. The van der Waals surface area contributed by atoms with E-state index in [9.17, 15) is 9.36 Å². The molecule has 0 fully saturated rings. The standard InChI is InChI=1S/C11H13O5P/c1-2-11(12)16-10(8-15-17(13)14)9-6-4-3-5-7-9/h2-7,10,17H,1,8H2,(H,13,14). The molecule has 0 amide bonds. The quantitative estimate of drug-likeness (QED) is 0.477. The van der Waals surface area contributed by atoms with Gasteiger partial charge in [0.05, 0.1) is 6.61 Å². The number of benzene rings is 1. The average molecular weight is 256 g/mol. The third-order valence-corrected chi connectivity index (χ3v) is 2.37. The largest absolute Gasteiger partial charge is 0.452 e. The molecule has 0 spiro atoms. The second-order valence-corrected chi connectivity index (χ2v) is 3.94. The zero-order valence-electron chi connectivity index (χ0n) is 9.04. The molecule has 0 aliphatic carbocycles. The smallest absolute Gasteiger partial charge is 0.330 e. The number of hydrogen-bond acceptors (Lipinski definition) is 4.